The van der Waals surface area contributed by atoms with E-state index in [0.29, 0.717) is 23.2 Å². The molecule has 5 heteroatoms. The van der Waals surface area contributed by atoms with Gasteiger partial charge in [0.2, 0.25) is 0 Å². The van der Waals surface area contributed by atoms with E-state index in [9.17, 15) is 9.59 Å². The summed E-state index contributed by atoms with van der Waals surface area (Å²) in [6, 6.07) is 0. The van der Waals surface area contributed by atoms with Crippen molar-refractivity contribution in [2.45, 2.75) is 26.8 Å². The van der Waals surface area contributed by atoms with E-state index in [1.807, 2.05) is 0 Å². The molecule has 0 spiro atoms. The van der Waals surface area contributed by atoms with Gasteiger partial charge in [-0.05, 0) is 18.9 Å². The number of aromatic amines is 1. The number of hydrogen-bond acceptors (Lipinski definition) is 3. The van der Waals surface area contributed by atoms with Gasteiger partial charge in [-0.25, -0.2) is 4.79 Å². The third-order valence-corrected chi connectivity index (χ3v) is 2.39. The van der Waals surface area contributed by atoms with E-state index in [1.165, 1.54) is 0 Å². The van der Waals surface area contributed by atoms with Gasteiger partial charge in [0.05, 0.1) is 5.56 Å². The zero-order valence-corrected chi connectivity index (χ0v) is 8.76. The first-order valence-corrected chi connectivity index (χ1v) is 4.70. The minimum atomic E-state index is -1.03. The summed E-state index contributed by atoms with van der Waals surface area (Å²) in [5, 5.41) is 9.03. The zero-order valence-electron chi connectivity index (χ0n) is 8.76. The maximum Gasteiger partial charge on any atom is 0.337 e. The van der Waals surface area contributed by atoms with E-state index in [4.69, 9.17) is 10.8 Å². The number of nitrogens with two attached hydrogens (primary N) is 1. The van der Waals surface area contributed by atoms with Crippen LogP contribution < -0.4 is 11.3 Å². The topological polar surface area (TPSA) is 96.2 Å². The molecule has 0 unspecified atom stereocenters. The highest BCUT2D eigenvalue weighted by atomic mass is 16.4. The second-order valence-electron chi connectivity index (χ2n) is 3.27. The molecule has 1 rings (SSSR count). The fourth-order valence-electron chi connectivity index (χ4n) is 1.72. The molecule has 0 aliphatic carbocycles. The summed E-state index contributed by atoms with van der Waals surface area (Å²) in [6.07, 6.45) is 0.485. The van der Waals surface area contributed by atoms with Gasteiger partial charge in [-0.15, -0.1) is 0 Å². The van der Waals surface area contributed by atoms with Crippen LogP contribution in [0.3, 0.4) is 0 Å². The van der Waals surface area contributed by atoms with Crippen LogP contribution in [-0.4, -0.2) is 16.1 Å². The van der Waals surface area contributed by atoms with Gasteiger partial charge in [-0.1, -0.05) is 6.92 Å². The highest BCUT2D eigenvalue weighted by Crippen LogP contribution is 2.14. The third-order valence-electron chi connectivity index (χ3n) is 2.39. The number of carboxylic acids is 1. The summed E-state index contributed by atoms with van der Waals surface area (Å²) < 4.78 is 0. The molecule has 0 saturated heterocycles. The van der Waals surface area contributed by atoms with Crippen LogP contribution in [0.15, 0.2) is 4.79 Å². The van der Waals surface area contributed by atoms with Gasteiger partial charge in [-0.2, -0.15) is 0 Å². The normalized spacial score (nSPS) is 10.3. The van der Waals surface area contributed by atoms with Gasteiger partial charge in [0.1, 0.15) is 0 Å². The highest BCUT2D eigenvalue weighted by molar-refractivity contribution is 5.90. The number of carbonyl (C=O) groups is 1. The van der Waals surface area contributed by atoms with Crippen LogP contribution in [0, 0.1) is 6.92 Å². The van der Waals surface area contributed by atoms with E-state index in [1.54, 1.807) is 13.8 Å². The number of pyridine rings is 1. The van der Waals surface area contributed by atoms with Crippen LogP contribution >= 0.6 is 0 Å². The van der Waals surface area contributed by atoms with E-state index < -0.39 is 5.97 Å². The summed E-state index contributed by atoms with van der Waals surface area (Å²) in [6.45, 7) is 3.43. The van der Waals surface area contributed by atoms with Crippen LogP contribution in [0.4, 0.5) is 0 Å². The lowest BCUT2D eigenvalue weighted by molar-refractivity contribution is 0.0694. The molecule has 0 saturated carbocycles. The lowest BCUT2D eigenvalue weighted by Crippen LogP contribution is -2.23. The van der Waals surface area contributed by atoms with Gasteiger partial charge >= 0.3 is 5.97 Å². The monoisotopic (exact) mass is 210 g/mol. The number of rotatable bonds is 3. The van der Waals surface area contributed by atoms with Crippen molar-refractivity contribution < 1.29 is 9.90 Å². The fourth-order valence-corrected chi connectivity index (χ4v) is 1.72. The molecule has 0 fully saturated rings. The standard InChI is InChI=1S/C10H14N2O3/c1-3-6-7(4-11)9(13)12-5(2)8(6)10(14)15/h3-4,11H2,1-2H3,(H,12,13)(H,14,15). The van der Waals surface area contributed by atoms with Gasteiger partial charge in [0, 0.05) is 17.8 Å². The minimum absolute atomic E-state index is 0.0546. The maximum atomic E-state index is 11.5. The average Bonchev–Trinajstić information content (AvgIpc) is 2.15. The van der Waals surface area contributed by atoms with Gasteiger partial charge < -0.3 is 15.8 Å². The molecule has 4 N–H and O–H groups in total. The largest absolute Gasteiger partial charge is 0.478 e. The summed E-state index contributed by atoms with van der Waals surface area (Å²) in [5.41, 5.74) is 6.57. The first kappa shape index (κ1) is 11.5. The molecule has 0 bridgehead atoms. The second kappa shape index (κ2) is 4.27. The molecule has 0 aliphatic heterocycles. The Morgan fingerprint density at radius 1 is 1.47 bits per heavy atom. The van der Waals surface area contributed by atoms with E-state index in [0.717, 1.165) is 0 Å². The predicted octanol–water partition coefficient (Wildman–Crippen LogP) is 0.403. The van der Waals surface area contributed by atoms with E-state index in [-0.39, 0.29) is 17.7 Å². The number of aromatic carboxylic acids is 1. The van der Waals surface area contributed by atoms with Gasteiger partial charge in [-0.3, -0.25) is 4.79 Å². The molecular formula is C10H14N2O3. The molecule has 0 aliphatic rings. The Morgan fingerprint density at radius 2 is 2.07 bits per heavy atom. The lowest BCUT2D eigenvalue weighted by Gasteiger charge is -2.10. The molecule has 1 aromatic rings. The average molecular weight is 210 g/mol. The number of aryl methyl sites for hydroxylation is 1. The van der Waals surface area contributed by atoms with Crippen LogP contribution in [0.5, 0.6) is 0 Å². The number of H-pyrrole nitrogens is 1. The fraction of sp³-hybridized carbons (Fsp3) is 0.400. The van der Waals surface area contributed by atoms with Crippen molar-refractivity contribution in [1.29, 1.82) is 0 Å². The van der Waals surface area contributed by atoms with E-state index >= 15 is 0 Å². The smallest absolute Gasteiger partial charge is 0.337 e. The zero-order chi connectivity index (χ0) is 11.6. The first-order valence-electron chi connectivity index (χ1n) is 4.70. The Morgan fingerprint density at radius 3 is 2.47 bits per heavy atom. The summed E-state index contributed by atoms with van der Waals surface area (Å²) in [4.78, 5) is 25.0. The predicted molar refractivity (Wildman–Crippen MR) is 56.0 cm³/mol. The van der Waals surface area contributed by atoms with Crippen LogP contribution in [-0.2, 0) is 13.0 Å². The van der Waals surface area contributed by atoms with E-state index in [2.05, 4.69) is 4.98 Å². The maximum absolute atomic E-state index is 11.5. The quantitative estimate of drug-likeness (QED) is 0.672. The molecule has 1 aromatic heterocycles. The summed E-state index contributed by atoms with van der Waals surface area (Å²) >= 11 is 0. The first-order chi connectivity index (χ1) is 7.02. The molecular weight excluding hydrogens is 196 g/mol. The van der Waals surface area contributed by atoms with Gasteiger partial charge in [0.15, 0.2) is 0 Å². The Bertz CT molecular complexity index is 449. The van der Waals surface area contributed by atoms with Crippen LogP contribution in [0.25, 0.3) is 0 Å². The van der Waals surface area contributed by atoms with Gasteiger partial charge in [0.25, 0.3) is 5.56 Å². The molecule has 5 nitrogen and oxygen atoms in total. The number of aromatic nitrogens is 1. The number of carboxylic acid groups (broad SMARTS) is 1. The van der Waals surface area contributed by atoms with Crippen molar-refractivity contribution in [3.05, 3.63) is 32.7 Å². The molecule has 0 amide bonds. The van der Waals surface area contributed by atoms with Crippen LogP contribution in [0.1, 0.15) is 34.1 Å². The summed E-state index contributed by atoms with van der Waals surface area (Å²) in [7, 11) is 0. The van der Waals surface area contributed by atoms with Crippen LogP contribution in [0.2, 0.25) is 0 Å². The minimum Gasteiger partial charge on any atom is -0.478 e. The second-order valence-corrected chi connectivity index (χ2v) is 3.27. The Hall–Kier alpha value is -1.62. The molecule has 0 radical (unpaired) electrons. The highest BCUT2D eigenvalue weighted by Gasteiger charge is 2.18. The van der Waals surface area contributed by atoms with Crippen molar-refractivity contribution in [2.75, 3.05) is 0 Å². The van der Waals surface area contributed by atoms with Crippen molar-refractivity contribution in [2.24, 2.45) is 5.73 Å². The molecule has 0 atom stereocenters. The number of nitrogens with one attached hydrogen (secondary N) is 1. The molecule has 1 heterocycles. The Kier molecular flexibility index (Phi) is 3.26. The Balaban J connectivity index is 3.64. The van der Waals surface area contributed by atoms with Crippen molar-refractivity contribution in [3.63, 3.8) is 0 Å². The van der Waals surface area contributed by atoms with Crippen molar-refractivity contribution >= 4 is 5.97 Å². The summed E-state index contributed by atoms with van der Waals surface area (Å²) in [5.74, 6) is -1.03. The van der Waals surface area contributed by atoms with Crippen molar-refractivity contribution in [3.8, 4) is 0 Å². The SMILES string of the molecule is CCc1c(C(=O)O)c(C)[nH]c(=O)c1CN. The molecule has 0 aromatic carbocycles. The Labute approximate surface area is 86.9 Å². The van der Waals surface area contributed by atoms with Crippen molar-refractivity contribution in [1.82, 2.24) is 4.98 Å². The number of hydrogen-bond donors (Lipinski definition) is 3. The third kappa shape index (κ3) is 1.92. The molecule has 15 heavy (non-hydrogen) atoms. The molecule has 82 valence electrons. The lowest BCUT2D eigenvalue weighted by atomic mass is 9.99.